The highest BCUT2D eigenvalue weighted by molar-refractivity contribution is 6.76. The summed E-state index contributed by atoms with van der Waals surface area (Å²) in [5, 5.41) is 5.05. The van der Waals surface area contributed by atoms with Crippen molar-refractivity contribution in [2.24, 2.45) is 0 Å². The third-order valence-corrected chi connectivity index (χ3v) is 8.22. The van der Waals surface area contributed by atoms with E-state index in [1.54, 1.807) is 0 Å². The minimum atomic E-state index is -1.16. The molecule has 0 spiro atoms. The first-order valence-electron chi connectivity index (χ1n) is 12.2. The van der Waals surface area contributed by atoms with Crippen LogP contribution in [0.2, 0.25) is 25.7 Å². The van der Waals surface area contributed by atoms with Gasteiger partial charge in [0.1, 0.15) is 23.9 Å². The van der Waals surface area contributed by atoms with Crippen LogP contribution in [0.4, 0.5) is 4.39 Å². The largest absolute Gasteiger partial charge is 0.360 e. The number of nitrogens with zero attached hydrogens (tertiary/aromatic N) is 4. The molecular weight excluding hydrogens is 443 g/mol. The second-order valence-electron chi connectivity index (χ2n) is 10.5. The second-order valence-corrected chi connectivity index (χ2v) is 16.1. The fourth-order valence-corrected chi connectivity index (χ4v) is 5.17. The average Bonchev–Trinajstić information content (AvgIpc) is 3.45. The number of fused-ring (bicyclic) bond motifs is 1. The highest BCUT2D eigenvalue weighted by Gasteiger charge is 2.33. The maximum Gasteiger partial charge on any atom is 0.139 e. The zero-order chi connectivity index (χ0) is 23.9. The molecule has 0 bridgehead atoms. The van der Waals surface area contributed by atoms with Crippen LogP contribution >= 0.6 is 0 Å². The van der Waals surface area contributed by atoms with E-state index in [9.17, 15) is 4.39 Å². The second kappa shape index (κ2) is 9.11. The van der Waals surface area contributed by atoms with E-state index in [0.717, 1.165) is 59.9 Å². The molecule has 5 nitrogen and oxygen atoms in total. The molecule has 0 unspecified atom stereocenters. The molecule has 178 valence electrons. The average molecular weight is 477 g/mol. The van der Waals surface area contributed by atoms with Crippen LogP contribution in [0.1, 0.15) is 37.1 Å². The molecule has 5 rings (SSSR count). The summed E-state index contributed by atoms with van der Waals surface area (Å²) < 4.78 is 24.1. The molecule has 3 aromatic heterocycles. The SMILES string of the molecule is CCc1cnc2ccc(-c3c(-c4ccc(F)cc4)nn(COCC[Si](C)(C)C)c3C3CC3)cn12. The van der Waals surface area contributed by atoms with E-state index in [4.69, 9.17) is 9.84 Å². The Balaban J connectivity index is 1.61. The monoisotopic (exact) mass is 476 g/mol. The molecule has 0 saturated heterocycles. The molecule has 0 N–H and O–H groups in total. The lowest BCUT2D eigenvalue weighted by Crippen LogP contribution is -2.22. The van der Waals surface area contributed by atoms with Gasteiger partial charge in [-0.1, -0.05) is 26.6 Å². The summed E-state index contributed by atoms with van der Waals surface area (Å²) in [5.41, 5.74) is 7.38. The van der Waals surface area contributed by atoms with Gasteiger partial charge in [0.05, 0.1) is 5.69 Å². The lowest BCUT2D eigenvalue weighted by atomic mass is 9.98. The molecule has 4 aromatic rings. The number of benzene rings is 1. The minimum Gasteiger partial charge on any atom is -0.360 e. The topological polar surface area (TPSA) is 44.3 Å². The number of pyridine rings is 1. The first-order valence-corrected chi connectivity index (χ1v) is 16.0. The summed E-state index contributed by atoms with van der Waals surface area (Å²) in [7, 11) is -1.16. The summed E-state index contributed by atoms with van der Waals surface area (Å²) in [6, 6.07) is 12.0. The number of hydrogen-bond donors (Lipinski definition) is 0. The van der Waals surface area contributed by atoms with Crippen LogP contribution in [-0.4, -0.2) is 33.8 Å². The van der Waals surface area contributed by atoms with Gasteiger partial charge >= 0.3 is 0 Å². The molecule has 1 aromatic carbocycles. The maximum atomic E-state index is 13.7. The Morgan fingerprint density at radius 3 is 2.47 bits per heavy atom. The van der Waals surface area contributed by atoms with Gasteiger partial charge < -0.3 is 9.14 Å². The van der Waals surface area contributed by atoms with Gasteiger partial charge in [-0.2, -0.15) is 5.10 Å². The van der Waals surface area contributed by atoms with Crippen LogP contribution in [0.3, 0.4) is 0 Å². The molecule has 0 atom stereocenters. The highest BCUT2D eigenvalue weighted by Crippen LogP contribution is 2.47. The molecule has 7 heteroatoms. The van der Waals surface area contributed by atoms with E-state index in [0.29, 0.717) is 12.6 Å². The zero-order valence-electron chi connectivity index (χ0n) is 20.5. The smallest absolute Gasteiger partial charge is 0.139 e. The Bertz CT molecular complexity index is 1300. The van der Waals surface area contributed by atoms with E-state index < -0.39 is 8.07 Å². The number of aromatic nitrogens is 4. The molecule has 1 saturated carbocycles. The number of halogens is 1. The van der Waals surface area contributed by atoms with Crippen LogP contribution in [-0.2, 0) is 17.9 Å². The Morgan fingerprint density at radius 2 is 1.79 bits per heavy atom. The van der Waals surface area contributed by atoms with E-state index >= 15 is 0 Å². The number of aryl methyl sites for hydroxylation is 1. The predicted molar refractivity (Wildman–Crippen MR) is 137 cm³/mol. The van der Waals surface area contributed by atoms with Crippen molar-refractivity contribution < 1.29 is 9.13 Å². The van der Waals surface area contributed by atoms with Gasteiger partial charge in [-0.3, -0.25) is 0 Å². The molecule has 1 aliphatic rings. The van der Waals surface area contributed by atoms with Crippen LogP contribution < -0.4 is 0 Å². The van der Waals surface area contributed by atoms with Crippen molar-refractivity contribution in [1.82, 2.24) is 19.2 Å². The standard InChI is InChI=1S/C27H33FN4OSi/c1-5-23-16-29-24-13-10-21(17-31(23)24)25-26(19-8-11-22(28)12-9-19)30-32(27(25)20-6-7-20)18-33-14-15-34(2,3)4/h8-13,16-17,20H,5-7,14-15,18H2,1-4H3. The number of ether oxygens (including phenoxy) is 1. The summed E-state index contributed by atoms with van der Waals surface area (Å²) >= 11 is 0. The first-order chi connectivity index (χ1) is 16.3. The Hall–Kier alpha value is -2.77. The van der Waals surface area contributed by atoms with Gasteiger partial charge in [-0.05, 0) is 61.7 Å². The van der Waals surface area contributed by atoms with Gasteiger partial charge in [0.15, 0.2) is 0 Å². The molecule has 0 radical (unpaired) electrons. The van der Waals surface area contributed by atoms with Crippen LogP contribution in [0, 0.1) is 5.82 Å². The predicted octanol–water partition coefficient (Wildman–Crippen LogP) is 6.76. The fraction of sp³-hybridized carbons (Fsp3) is 0.407. The van der Waals surface area contributed by atoms with Crippen molar-refractivity contribution >= 4 is 13.7 Å². The van der Waals surface area contributed by atoms with Crippen molar-refractivity contribution in [3.05, 3.63) is 66.0 Å². The van der Waals surface area contributed by atoms with Crippen LogP contribution in [0.5, 0.6) is 0 Å². The number of imidazole rings is 1. The summed E-state index contributed by atoms with van der Waals surface area (Å²) in [4.78, 5) is 4.54. The first kappa shape index (κ1) is 23.0. The van der Waals surface area contributed by atoms with E-state index in [1.165, 1.54) is 23.5 Å². The molecular formula is C27H33FN4OSi. The molecule has 0 aliphatic heterocycles. The summed E-state index contributed by atoms with van der Waals surface area (Å²) in [5.74, 6) is 0.232. The van der Waals surface area contributed by atoms with Crippen LogP contribution in [0.15, 0.2) is 48.8 Å². The van der Waals surface area contributed by atoms with E-state index in [-0.39, 0.29) is 5.82 Å². The molecule has 0 amide bonds. The van der Waals surface area contributed by atoms with E-state index in [1.807, 2.05) is 18.3 Å². The highest BCUT2D eigenvalue weighted by atomic mass is 28.3. The lowest BCUT2D eigenvalue weighted by Gasteiger charge is -2.16. The van der Waals surface area contributed by atoms with Crippen molar-refractivity contribution in [2.75, 3.05) is 6.61 Å². The van der Waals surface area contributed by atoms with Gasteiger partial charge in [-0.25, -0.2) is 14.1 Å². The lowest BCUT2D eigenvalue weighted by molar-refractivity contribution is 0.0767. The van der Waals surface area contributed by atoms with Crippen molar-refractivity contribution in [2.45, 2.75) is 64.5 Å². The van der Waals surface area contributed by atoms with Crippen molar-refractivity contribution in [3.8, 4) is 22.4 Å². The molecule has 1 aliphatic carbocycles. The molecule has 1 fully saturated rings. The minimum absolute atomic E-state index is 0.241. The normalized spacial score (nSPS) is 14.3. The van der Waals surface area contributed by atoms with Crippen molar-refractivity contribution in [3.63, 3.8) is 0 Å². The third-order valence-electron chi connectivity index (χ3n) is 6.52. The summed E-state index contributed by atoms with van der Waals surface area (Å²) in [6.45, 7) is 10.4. The number of hydrogen-bond acceptors (Lipinski definition) is 3. The van der Waals surface area contributed by atoms with E-state index in [2.05, 4.69) is 59.0 Å². The molecule has 34 heavy (non-hydrogen) atoms. The number of rotatable bonds is 9. The summed E-state index contributed by atoms with van der Waals surface area (Å²) in [6.07, 6.45) is 7.34. The maximum absolute atomic E-state index is 13.7. The molecule has 3 heterocycles. The quantitative estimate of drug-likeness (QED) is 0.198. The third kappa shape index (κ3) is 4.72. The Labute approximate surface area is 201 Å². The Kier molecular flexibility index (Phi) is 6.16. The fourth-order valence-electron chi connectivity index (χ4n) is 4.41. The van der Waals surface area contributed by atoms with Gasteiger partial charge in [0.2, 0.25) is 0 Å². The Morgan fingerprint density at radius 1 is 1.06 bits per heavy atom. The van der Waals surface area contributed by atoms with Gasteiger partial charge in [0.25, 0.3) is 0 Å². The van der Waals surface area contributed by atoms with Gasteiger partial charge in [0, 0.05) is 55.4 Å². The van der Waals surface area contributed by atoms with Gasteiger partial charge in [-0.15, -0.1) is 0 Å². The van der Waals surface area contributed by atoms with Crippen LogP contribution in [0.25, 0.3) is 28.0 Å². The van der Waals surface area contributed by atoms with Crippen molar-refractivity contribution in [1.29, 1.82) is 0 Å². The zero-order valence-corrected chi connectivity index (χ0v) is 21.5.